The van der Waals surface area contributed by atoms with Gasteiger partial charge in [-0.3, -0.25) is 5.10 Å². The number of halogens is 1. The van der Waals surface area contributed by atoms with Crippen molar-refractivity contribution < 1.29 is 8.81 Å². The number of H-pyrrole nitrogens is 1. The molecule has 1 aromatic carbocycles. The summed E-state index contributed by atoms with van der Waals surface area (Å²) in [6, 6.07) is 8.99. The lowest BCUT2D eigenvalue weighted by Crippen LogP contribution is -2.13. The van der Waals surface area contributed by atoms with E-state index in [1.807, 2.05) is 0 Å². The fourth-order valence-corrected chi connectivity index (χ4v) is 1.76. The molecule has 0 spiro atoms. The Balaban J connectivity index is 1.88. The van der Waals surface area contributed by atoms with Crippen molar-refractivity contribution in [3.8, 4) is 11.6 Å². The van der Waals surface area contributed by atoms with E-state index < -0.39 is 6.04 Å². The molecule has 2 aromatic heterocycles. The zero-order valence-corrected chi connectivity index (χ0v) is 9.88. The Hall–Kier alpha value is -2.47. The normalized spacial score (nSPS) is 12.5. The summed E-state index contributed by atoms with van der Waals surface area (Å²) in [5.74, 6) is 1.20. The second-order valence-electron chi connectivity index (χ2n) is 4.05. The van der Waals surface area contributed by atoms with Gasteiger partial charge < -0.3 is 10.2 Å². The molecule has 0 saturated carbocycles. The van der Waals surface area contributed by atoms with Gasteiger partial charge in [-0.2, -0.15) is 0 Å². The van der Waals surface area contributed by atoms with Crippen LogP contribution in [0.2, 0.25) is 0 Å². The Bertz CT molecular complexity index is 660. The maximum absolute atomic E-state index is 12.9. The third kappa shape index (κ3) is 2.25. The molecule has 0 aliphatic carbocycles. The largest absolute Gasteiger partial charge is 0.461 e. The molecule has 0 saturated heterocycles. The molecule has 0 bridgehead atoms. The number of aromatic amines is 1. The first-order valence-electron chi connectivity index (χ1n) is 5.71. The molecule has 0 radical (unpaired) electrons. The molecular weight excluding hydrogens is 247 g/mol. The van der Waals surface area contributed by atoms with Crippen LogP contribution >= 0.6 is 0 Å². The maximum atomic E-state index is 12.9. The quantitative estimate of drug-likeness (QED) is 0.755. The highest BCUT2D eigenvalue weighted by Gasteiger charge is 2.15. The number of aromatic nitrogens is 3. The minimum Gasteiger partial charge on any atom is -0.461 e. The van der Waals surface area contributed by atoms with Crippen molar-refractivity contribution in [2.24, 2.45) is 5.73 Å². The van der Waals surface area contributed by atoms with Crippen LogP contribution in [0.1, 0.15) is 17.4 Å². The Morgan fingerprint density at radius 1 is 1.21 bits per heavy atom. The van der Waals surface area contributed by atoms with Gasteiger partial charge in [-0.15, -0.1) is 5.10 Å². The van der Waals surface area contributed by atoms with Crippen LogP contribution in [-0.2, 0) is 0 Å². The Kier molecular flexibility index (Phi) is 2.85. The van der Waals surface area contributed by atoms with Crippen molar-refractivity contribution in [3.05, 3.63) is 59.9 Å². The topological polar surface area (TPSA) is 80.7 Å². The molecule has 2 heterocycles. The highest BCUT2D eigenvalue weighted by molar-refractivity contribution is 5.45. The van der Waals surface area contributed by atoms with Gasteiger partial charge >= 0.3 is 0 Å². The van der Waals surface area contributed by atoms with Crippen LogP contribution in [0.15, 0.2) is 47.1 Å². The highest BCUT2D eigenvalue weighted by atomic mass is 19.1. The van der Waals surface area contributed by atoms with E-state index in [9.17, 15) is 4.39 Å². The lowest BCUT2D eigenvalue weighted by Gasteiger charge is -2.07. The summed E-state index contributed by atoms with van der Waals surface area (Å²) in [6.07, 6.45) is 1.55. The predicted molar refractivity (Wildman–Crippen MR) is 66.5 cm³/mol. The van der Waals surface area contributed by atoms with Gasteiger partial charge in [-0.25, -0.2) is 9.37 Å². The molecule has 5 nitrogen and oxygen atoms in total. The van der Waals surface area contributed by atoms with Gasteiger partial charge in [0.1, 0.15) is 11.6 Å². The van der Waals surface area contributed by atoms with Gasteiger partial charge in [0, 0.05) is 0 Å². The number of rotatable bonds is 3. The van der Waals surface area contributed by atoms with E-state index in [0.29, 0.717) is 17.4 Å². The number of benzene rings is 1. The summed E-state index contributed by atoms with van der Waals surface area (Å²) in [6.45, 7) is 0. The Morgan fingerprint density at radius 2 is 2.00 bits per heavy atom. The van der Waals surface area contributed by atoms with Crippen LogP contribution < -0.4 is 5.73 Å². The Morgan fingerprint density at radius 3 is 2.68 bits per heavy atom. The summed E-state index contributed by atoms with van der Waals surface area (Å²) in [5, 5.41) is 6.81. The number of nitrogens with one attached hydrogen (secondary N) is 1. The van der Waals surface area contributed by atoms with E-state index in [1.54, 1.807) is 30.5 Å². The molecule has 0 amide bonds. The van der Waals surface area contributed by atoms with Crippen molar-refractivity contribution in [3.63, 3.8) is 0 Å². The Labute approximate surface area is 108 Å². The highest BCUT2D eigenvalue weighted by Crippen LogP contribution is 2.20. The first-order valence-corrected chi connectivity index (χ1v) is 5.71. The van der Waals surface area contributed by atoms with Crippen molar-refractivity contribution >= 4 is 0 Å². The van der Waals surface area contributed by atoms with Crippen LogP contribution in [0.3, 0.4) is 0 Å². The van der Waals surface area contributed by atoms with Gasteiger partial charge in [-0.1, -0.05) is 12.1 Å². The fraction of sp³-hybridized carbons (Fsp3) is 0.0769. The van der Waals surface area contributed by atoms with E-state index in [0.717, 1.165) is 5.56 Å². The van der Waals surface area contributed by atoms with Crippen LogP contribution in [0, 0.1) is 5.82 Å². The summed E-state index contributed by atoms with van der Waals surface area (Å²) in [4.78, 5) is 4.27. The lowest BCUT2D eigenvalue weighted by atomic mass is 10.1. The van der Waals surface area contributed by atoms with E-state index in [1.165, 1.54) is 12.1 Å². The molecule has 3 aromatic rings. The van der Waals surface area contributed by atoms with Crippen molar-refractivity contribution in [2.75, 3.05) is 0 Å². The zero-order valence-electron chi connectivity index (χ0n) is 9.88. The van der Waals surface area contributed by atoms with Gasteiger partial charge in [0.2, 0.25) is 5.82 Å². The molecule has 0 aliphatic heterocycles. The van der Waals surface area contributed by atoms with Crippen molar-refractivity contribution in [2.45, 2.75) is 6.04 Å². The predicted octanol–water partition coefficient (Wildman–Crippen LogP) is 2.25. The monoisotopic (exact) mass is 258 g/mol. The standard InChI is InChI=1S/C13H11FN4O/c14-9-5-3-8(4-6-9)11(15)13-16-12(17-18-13)10-2-1-7-19-10/h1-7,11H,15H2,(H,16,17,18)/t11-/m1/s1. The van der Waals surface area contributed by atoms with Crippen LogP contribution in [0.4, 0.5) is 4.39 Å². The first kappa shape index (κ1) is 11.6. The molecule has 19 heavy (non-hydrogen) atoms. The summed E-state index contributed by atoms with van der Waals surface area (Å²) in [5.41, 5.74) is 6.80. The fourth-order valence-electron chi connectivity index (χ4n) is 1.76. The van der Waals surface area contributed by atoms with Crippen LogP contribution in [0.25, 0.3) is 11.6 Å². The molecule has 6 heteroatoms. The minimum atomic E-state index is -0.489. The van der Waals surface area contributed by atoms with Crippen LogP contribution in [-0.4, -0.2) is 15.2 Å². The van der Waals surface area contributed by atoms with E-state index in [4.69, 9.17) is 10.2 Å². The molecule has 0 aliphatic rings. The second-order valence-corrected chi connectivity index (χ2v) is 4.05. The number of nitrogens with two attached hydrogens (primary N) is 1. The van der Waals surface area contributed by atoms with Gasteiger partial charge in [0.05, 0.1) is 12.3 Å². The number of furan rings is 1. The van der Waals surface area contributed by atoms with E-state index >= 15 is 0 Å². The average molecular weight is 258 g/mol. The van der Waals surface area contributed by atoms with E-state index in [-0.39, 0.29) is 5.82 Å². The van der Waals surface area contributed by atoms with E-state index in [2.05, 4.69) is 15.2 Å². The third-order valence-corrected chi connectivity index (χ3v) is 2.77. The molecule has 3 rings (SSSR count). The second kappa shape index (κ2) is 4.66. The molecule has 0 unspecified atom stereocenters. The molecule has 1 atom stereocenters. The smallest absolute Gasteiger partial charge is 0.216 e. The summed E-state index contributed by atoms with van der Waals surface area (Å²) in [7, 11) is 0. The summed E-state index contributed by atoms with van der Waals surface area (Å²) >= 11 is 0. The molecule has 3 N–H and O–H groups in total. The lowest BCUT2D eigenvalue weighted by molar-refractivity contribution is 0.577. The third-order valence-electron chi connectivity index (χ3n) is 2.77. The first-order chi connectivity index (χ1) is 9.24. The minimum absolute atomic E-state index is 0.301. The molecular formula is C13H11FN4O. The summed E-state index contributed by atoms with van der Waals surface area (Å²) < 4.78 is 18.1. The number of hydrogen-bond acceptors (Lipinski definition) is 4. The SMILES string of the molecule is N[C@H](c1ccc(F)cc1)c1nc(-c2ccco2)n[nH]1. The van der Waals surface area contributed by atoms with Gasteiger partial charge in [0.15, 0.2) is 5.76 Å². The maximum Gasteiger partial charge on any atom is 0.216 e. The molecule has 96 valence electrons. The number of hydrogen-bond donors (Lipinski definition) is 2. The van der Waals surface area contributed by atoms with Gasteiger partial charge in [-0.05, 0) is 29.8 Å². The zero-order chi connectivity index (χ0) is 13.2. The number of nitrogens with zero attached hydrogens (tertiary/aromatic N) is 2. The van der Waals surface area contributed by atoms with Crippen LogP contribution in [0.5, 0.6) is 0 Å². The van der Waals surface area contributed by atoms with Crippen molar-refractivity contribution in [1.82, 2.24) is 15.2 Å². The van der Waals surface area contributed by atoms with Crippen molar-refractivity contribution in [1.29, 1.82) is 0 Å². The molecule has 0 fully saturated rings. The van der Waals surface area contributed by atoms with Gasteiger partial charge in [0.25, 0.3) is 0 Å². The average Bonchev–Trinajstić information content (AvgIpc) is 3.10.